The van der Waals surface area contributed by atoms with Gasteiger partial charge in [-0.1, -0.05) is 35.9 Å². The molecule has 0 aromatic heterocycles. The highest BCUT2D eigenvalue weighted by molar-refractivity contribution is 6.31. The van der Waals surface area contributed by atoms with E-state index < -0.39 is 0 Å². The van der Waals surface area contributed by atoms with Crippen molar-refractivity contribution in [2.75, 3.05) is 0 Å². The van der Waals surface area contributed by atoms with Crippen LogP contribution in [0.5, 0.6) is 0 Å². The molecular weight excluding hydrogens is 230 g/mol. The summed E-state index contributed by atoms with van der Waals surface area (Å²) < 4.78 is 0. The van der Waals surface area contributed by atoms with E-state index in [4.69, 9.17) is 11.6 Å². The molecule has 0 aliphatic carbocycles. The molecule has 0 bridgehead atoms. The Labute approximate surface area is 106 Å². The van der Waals surface area contributed by atoms with Gasteiger partial charge in [0.1, 0.15) is 0 Å². The van der Waals surface area contributed by atoms with Gasteiger partial charge in [0.05, 0.1) is 5.69 Å². The fourth-order valence-electron chi connectivity index (χ4n) is 2.26. The van der Waals surface area contributed by atoms with Gasteiger partial charge in [0.2, 0.25) is 0 Å². The van der Waals surface area contributed by atoms with Gasteiger partial charge in [-0.05, 0) is 36.2 Å². The van der Waals surface area contributed by atoms with Crippen LogP contribution < -0.4 is 0 Å². The smallest absolute Gasteiger partial charge is 0.0668 e. The molecule has 2 aromatic carbocycles. The van der Waals surface area contributed by atoms with E-state index in [0.29, 0.717) is 0 Å². The number of hydrogen-bond donors (Lipinski definition) is 0. The highest BCUT2D eigenvalue weighted by Gasteiger charge is 2.13. The molecular formula is C15H12ClN. The number of benzene rings is 2. The number of aliphatic imine (C=N–C) groups is 1. The van der Waals surface area contributed by atoms with Gasteiger partial charge in [-0.2, -0.15) is 0 Å². The third kappa shape index (κ3) is 1.87. The van der Waals surface area contributed by atoms with E-state index in [-0.39, 0.29) is 0 Å². The second kappa shape index (κ2) is 4.01. The van der Waals surface area contributed by atoms with Gasteiger partial charge in [-0.3, -0.25) is 4.99 Å². The third-order valence-corrected chi connectivity index (χ3v) is 3.36. The first kappa shape index (κ1) is 10.5. The molecule has 1 aliphatic heterocycles. The van der Waals surface area contributed by atoms with E-state index in [2.05, 4.69) is 29.3 Å². The second-order valence-corrected chi connectivity index (χ2v) is 4.74. The van der Waals surface area contributed by atoms with Crippen LogP contribution in [0.15, 0.2) is 47.5 Å². The van der Waals surface area contributed by atoms with E-state index in [0.717, 1.165) is 28.4 Å². The lowest BCUT2D eigenvalue weighted by atomic mass is 9.98. The molecule has 1 heterocycles. The molecule has 0 amide bonds. The SMILES string of the molecule is CC1=Nc2ccccc2Cc2ccc(Cl)cc21. The number of nitrogens with zero attached hydrogens (tertiary/aromatic N) is 1. The summed E-state index contributed by atoms with van der Waals surface area (Å²) in [6.07, 6.45) is 0.920. The lowest BCUT2D eigenvalue weighted by Crippen LogP contribution is -1.98. The normalized spacial score (nSPS) is 13.4. The van der Waals surface area contributed by atoms with Crippen molar-refractivity contribution in [1.29, 1.82) is 0 Å². The highest BCUT2D eigenvalue weighted by atomic mass is 35.5. The Kier molecular flexibility index (Phi) is 2.49. The zero-order valence-corrected chi connectivity index (χ0v) is 10.3. The Morgan fingerprint density at radius 2 is 1.88 bits per heavy atom. The summed E-state index contributed by atoms with van der Waals surface area (Å²) >= 11 is 6.05. The molecule has 1 aliphatic rings. The average Bonchev–Trinajstić information content (AvgIpc) is 2.46. The lowest BCUT2D eigenvalue weighted by Gasteiger charge is -2.06. The van der Waals surface area contributed by atoms with Crippen molar-refractivity contribution >= 4 is 23.0 Å². The van der Waals surface area contributed by atoms with E-state index >= 15 is 0 Å². The number of para-hydroxylation sites is 1. The first-order chi connectivity index (χ1) is 8.24. The van der Waals surface area contributed by atoms with Crippen molar-refractivity contribution in [1.82, 2.24) is 0 Å². The minimum atomic E-state index is 0.768. The summed E-state index contributed by atoms with van der Waals surface area (Å²) in [6, 6.07) is 14.3. The molecule has 0 saturated heterocycles. The number of rotatable bonds is 0. The molecule has 2 aromatic rings. The van der Waals surface area contributed by atoms with Crippen LogP contribution >= 0.6 is 11.6 Å². The summed E-state index contributed by atoms with van der Waals surface area (Å²) in [5, 5.41) is 0.768. The molecule has 0 saturated carbocycles. The standard InChI is InChI=1S/C15H12ClN/c1-10-14-9-13(16)7-6-11(14)8-12-4-2-3-5-15(12)17-10/h2-7,9H,8H2,1H3. The van der Waals surface area contributed by atoms with Crippen molar-refractivity contribution in [3.8, 4) is 0 Å². The van der Waals surface area contributed by atoms with Gasteiger partial charge in [-0.15, -0.1) is 0 Å². The lowest BCUT2D eigenvalue weighted by molar-refractivity contribution is 1.19. The summed E-state index contributed by atoms with van der Waals surface area (Å²) in [6.45, 7) is 2.04. The Morgan fingerprint density at radius 1 is 1.06 bits per heavy atom. The fraction of sp³-hybridized carbons (Fsp3) is 0.133. The van der Waals surface area contributed by atoms with Crippen LogP contribution in [0.3, 0.4) is 0 Å². The second-order valence-electron chi connectivity index (χ2n) is 4.30. The van der Waals surface area contributed by atoms with Gasteiger partial charge >= 0.3 is 0 Å². The van der Waals surface area contributed by atoms with E-state index in [1.165, 1.54) is 11.1 Å². The predicted octanol–water partition coefficient (Wildman–Crippen LogP) is 4.38. The molecule has 3 rings (SSSR count). The summed E-state index contributed by atoms with van der Waals surface area (Å²) in [4.78, 5) is 4.68. The Morgan fingerprint density at radius 3 is 2.76 bits per heavy atom. The minimum absolute atomic E-state index is 0.768. The molecule has 0 fully saturated rings. The zero-order chi connectivity index (χ0) is 11.8. The molecule has 0 spiro atoms. The van der Waals surface area contributed by atoms with Crippen molar-refractivity contribution in [2.24, 2.45) is 4.99 Å². The van der Waals surface area contributed by atoms with Gasteiger partial charge in [0.25, 0.3) is 0 Å². The first-order valence-corrected chi connectivity index (χ1v) is 6.04. The maximum Gasteiger partial charge on any atom is 0.0668 e. The van der Waals surface area contributed by atoms with Crippen LogP contribution in [0, 0.1) is 0 Å². The monoisotopic (exact) mass is 241 g/mol. The average molecular weight is 242 g/mol. The molecule has 17 heavy (non-hydrogen) atoms. The van der Waals surface area contributed by atoms with E-state index in [1.54, 1.807) is 0 Å². The maximum absolute atomic E-state index is 6.05. The van der Waals surface area contributed by atoms with Crippen LogP contribution in [0.4, 0.5) is 5.69 Å². The zero-order valence-electron chi connectivity index (χ0n) is 9.57. The van der Waals surface area contributed by atoms with Gasteiger partial charge in [0.15, 0.2) is 0 Å². The third-order valence-electron chi connectivity index (χ3n) is 3.12. The number of hydrogen-bond acceptors (Lipinski definition) is 1. The van der Waals surface area contributed by atoms with Crippen molar-refractivity contribution in [2.45, 2.75) is 13.3 Å². The fourth-order valence-corrected chi connectivity index (χ4v) is 2.43. The maximum atomic E-state index is 6.05. The predicted molar refractivity (Wildman–Crippen MR) is 72.6 cm³/mol. The quantitative estimate of drug-likeness (QED) is 0.649. The van der Waals surface area contributed by atoms with Crippen LogP contribution in [0.2, 0.25) is 5.02 Å². The van der Waals surface area contributed by atoms with Crippen molar-refractivity contribution in [3.63, 3.8) is 0 Å². The number of fused-ring (bicyclic) bond motifs is 2. The molecule has 2 heteroatoms. The Hall–Kier alpha value is -1.60. The Bertz CT molecular complexity index is 614. The van der Waals surface area contributed by atoms with Crippen LogP contribution in [0.25, 0.3) is 0 Å². The molecule has 0 unspecified atom stereocenters. The van der Waals surface area contributed by atoms with Crippen molar-refractivity contribution in [3.05, 3.63) is 64.2 Å². The molecule has 1 nitrogen and oxygen atoms in total. The van der Waals surface area contributed by atoms with E-state index in [1.807, 2.05) is 25.1 Å². The van der Waals surface area contributed by atoms with Gasteiger partial charge in [-0.25, -0.2) is 0 Å². The Balaban J connectivity index is 2.24. The molecule has 0 N–H and O–H groups in total. The highest BCUT2D eigenvalue weighted by Crippen LogP contribution is 2.29. The molecule has 0 atom stereocenters. The van der Waals surface area contributed by atoms with Crippen LogP contribution in [-0.4, -0.2) is 5.71 Å². The number of halogens is 1. The topological polar surface area (TPSA) is 12.4 Å². The first-order valence-electron chi connectivity index (χ1n) is 5.66. The molecule has 0 radical (unpaired) electrons. The van der Waals surface area contributed by atoms with Crippen molar-refractivity contribution < 1.29 is 0 Å². The molecule has 84 valence electrons. The van der Waals surface area contributed by atoms with E-state index in [9.17, 15) is 0 Å². The summed E-state index contributed by atoms with van der Waals surface area (Å²) in [7, 11) is 0. The summed E-state index contributed by atoms with van der Waals surface area (Å²) in [5.74, 6) is 0. The van der Waals surface area contributed by atoms with Crippen LogP contribution in [0.1, 0.15) is 23.6 Å². The summed E-state index contributed by atoms with van der Waals surface area (Å²) in [5.41, 5.74) is 5.83. The van der Waals surface area contributed by atoms with Crippen LogP contribution in [-0.2, 0) is 6.42 Å². The minimum Gasteiger partial charge on any atom is -0.253 e. The largest absolute Gasteiger partial charge is 0.253 e. The van der Waals surface area contributed by atoms with Gasteiger partial charge < -0.3 is 0 Å². The van der Waals surface area contributed by atoms with Gasteiger partial charge in [0, 0.05) is 22.7 Å².